The van der Waals surface area contributed by atoms with E-state index in [-0.39, 0.29) is 10.3 Å². The van der Waals surface area contributed by atoms with Crippen molar-refractivity contribution in [3.8, 4) is 0 Å². The lowest BCUT2D eigenvalue weighted by molar-refractivity contribution is 0.269. The van der Waals surface area contributed by atoms with Crippen molar-refractivity contribution in [3.63, 3.8) is 0 Å². The molecule has 1 aromatic rings. The standard InChI is InChI=1S/C14H25N3O2S/c1-13(2,3)10-14(4,5)17-20(18,19)12-8-6-11(16-15)7-9-12/h6-9,16-17H,10,15H2,1-5H3. The molecule has 6 heteroatoms. The van der Waals surface area contributed by atoms with Crippen molar-refractivity contribution in [1.82, 2.24) is 4.72 Å². The van der Waals surface area contributed by atoms with Crippen LogP contribution in [0.25, 0.3) is 0 Å². The smallest absolute Gasteiger partial charge is 0.241 e. The number of sulfonamides is 1. The van der Waals surface area contributed by atoms with Crippen LogP contribution in [-0.2, 0) is 10.0 Å². The highest BCUT2D eigenvalue weighted by atomic mass is 32.2. The lowest BCUT2D eigenvalue weighted by Crippen LogP contribution is -2.45. The van der Waals surface area contributed by atoms with E-state index in [0.717, 1.165) is 6.42 Å². The molecule has 1 rings (SSSR count). The average Bonchev–Trinajstić information content (AvgIpc) is 2.24. The Morgan fingerprint density at radius 2 is 1.55 bits per heavy atom. The second-order valence-electron chi connectivity index (χ2n) is 6.90. The van der Waals surface area contributed by atoms with Crippen LogP contribution in [0.4, 0.5) is 5.69 Å². The Morgan fingerprint density at radius 3 is 1.95 bits per heavy atom. The van der Waals surface area contributed by atoms with Gasteiger partial charge in [-0.3, -0.25) is 5.84 Å². The van der Waals surface area contributed by atoms with Crippen LogP contribution < -0.4 is 16.0 Å². The van der Waals surface area contributed by atoms with E-state index >= 15 is 0 Å². The molecule has 0 amide bonds. The summed E-state index contributed by atoms with van der Waals surface area (Å²) in [5.41, 5.74) is 2.66. The van der Waals surface area contributed by atoms with E-state index in [1.165, 1.54) is 12.1 Å². The van der Waals surface area contributed by atoms with Crippen LogP contribution in [0.3, 0.4) is 0 Å². The Kier molecular flexibility index (Phi) is 4.84. The molecule has 0 spiro atoms. The molecule has 1 aromatic carbocycles. The minimum absolute atomic E-state index is 0.0410. The molecular weight excluding hydrogens is 274 g/mol. The van der Waals surface area contributed by atoms with Gasteiger partial charge in [-0.25, -0.2) is 13.1 Å². The first-order valence-corrected chi connectivity index (χ1v) is 8.04. The van der Waals surface area contributed by atoms with Crippen LogP contribution in [0, 0.1) is 5.41 Å². The number of nitrogens with one attached hydrogen (secondary N) is 2. The topological polar surface area (TPSA) is 84.2 Å². The summed E-state index contributed by atoms with van der Waals surface area (Å²) in [5, 5.41) is 0. The zero-order chi connectivity index (χ0) is 15.6. The van der Waals surface area contributed by atoms with Crippen molar-refractivity contribution in [2.45, 2.75) is 51.5 Å². The number of rotatable bonds is 5. The number of hydrogen-bond acceptors (Lipinski definition) is 4. The zero-order valence-corrected chi connectivity index (χ0v) is 13.6. The summed E-state index contributed by atoms with van der Waals surface area (Å²) in [5.74, 6) is 5.27. The maximum absolute atomic E-state index is 12.4. The number of hydrazine groups is 1. The summed E-state index contributed by atoms with van der Waals surface area (Å²) in [6.07, 6.45) is 0.738. The summed E-state index contributed by atoms with van der Waals surface area (Å²) >= 11 is 0. The van der Waals surface area contributed by atoms with E-state index in [2.05, 4.69) is 30.9 Å². The Labute approximate surface area is 122 Å². The molecule has 0 aromatic heterocycles. The van der Waals surface area contributed by atoms with Gasteiger partial charge in [-0.15, -0.1) is 0 Å². The molecule has 4 N–H and O–H groups in total. The van der Waals surface area contributed by atoms with Gasteiger partial charge in [0.05, 0.1) is 4.90 Å². The van der Waals surface area contributed by atoms with Crippen LogP contribution in [0.5, 0.6) is 0 Å². The molecular formula is C14H25N3O2S. The minimum atomic E-state index is -3.53. The van der Waals surface area contributed by atoms with Crippen molar-refractivity contribution in [2.24, 2.45) is 11.3 Å². The van der Waals surface area contributed by atoms with Gasteiger partial charge < -0.3 is 5.43 Å². The quantitative estimate of drug-likeness (QED) is 0.576. The predicted octanol–water partition coefficient (Wildman–Crippen LogP) is 2.47. The van der Waals surface area contributed by atoms with Gasteiger partial charge in [0, 0.05) is 11.2 Å². The highest BCUT2D eigenvalue weighted by Crippen LogP contribution is 2.28. The molecule has 0 unspecified atom stereocenters. The number of nitrogen functional groups attached to an aromatic ring is 1. The SMILES string of the molecule is CC(C)(C)CC(C)(C)NS(=O)(=O)c1ccc(NN)cc1. The Morgan fingerprint density at radius 1 is 1.05 bits per heavy atom. The van der Waals surface area contributed by atoms with Crippen molar-refractivity contribution >= 4 is 15.7 Å². The number of anilines is 1. The summed E-state index contributed by atoms with van der Waals surface area (Å²) in [4.78, 5) is 0.235. The van der Waals surface area contributed by atoms with E-state index < -0.39 is 15.6 Å². The monoisotopic (exact) mass is 299 g/mol. The number of nitrogens with two attached hydrogens (primary N) is 1. The largest absolute Gasteiger partial charge is 0.324 e. The van der Waals surface area contributed by atoms with Gasteiger partial charge in [0.1, 0.15) is 0 Å². The van der Waals surface area contributed by atoms with Crippen molar-refractivity contribution in [3.05, 3.63) is 24.3 Å². The Hall–Kier alpha value is -1.11. The molecule has 0 atom stereocenters. The lowest BCUT2D eigenvalue weighted by Gasteiger charge is -2.33. The molecule has 0 aliphatic heterocycles. The van der Waals surface area contributed by atoms with Gasteiger partial charge in [-0.1, -0.05) is 20.8 Å². The van der Waals surface area contributed by atoms with E-state index in [4.69, 9.17) is 5.84 Å². The van der Waals surface area contributed by atoms with Gasteiger partial charge >= 0.3 is 0 Å². The second-order valence-corrected chi connectivity index (χ2v) is 8.58. The van der Waals surface area contributed by atoms with Gasteiger partial charge in [0.25, 0.3) is 0 Å². The molecule has 0 fully saturated rings. The first-order valence-electron chi connectivity index (χ1n) is 6.56. The molecule has 0 bridgehead atoms. The summed E-state index contributed by atoms with van der Waals surface area (Å²) in [7, 11) is -3.53. The third kappa shape index (κ3) is 5.11. The van der Waals surface area contributed by atoms with Crippen LogP contribution in [-0.4, -0.2) is 14.0 Å². The zero-order valence-electron chi connectivity index (χ0n) is 12.8. The first kappa shape index (κ1) is 16.9. The third-order valence-corrected chi connectivity index (χ3v) is 4.43. The molecule has 0 radical (unpaired) electrons. The Balaban J connectivity index is 2.93. The lowest BCUT2D eigenvalue weighted by atomic mass is 9.82. The minimum Gasteiger partial charge on any atom is -0.324 e. The first-order chi connectivity index (χ1) is 8.95. The third-order valence-electron chi connectivity index (χ3n) is 2.71. The average molecular weight is 299 g/mol. The van der Waals surface area contributed by atoms with Gasteiger partial charge in [0.15, 0.2) is 0 Å². The van der Waals surface area contributed by atoms with Crippen molar-refractivity contribution < 1.29 is 8.42 Å². The maximum atomic E-state index is 12.4. The highest BCUT2D eigenvalue weighted by Gasteiger charge is 2.30. The normalized spacial score (nSPS) is 13.3. The van der Waals surface area contributed by atoms with Gasteiger partial charge in [-0.05, 0) is 49.9 Å². The molecule has 0 saturated heterocycles. The fraction of sp³-hybridized carbons (Fsp3) is 0.571. The van der Waals surface area contributed by atoms with Crippen LogP contribution >= 0.6 is 0 Å². The fourth-order valence-electron chi connectivity index (χ4n) is 2.51. The van der Waals surface area contributed by atoms with E-state index in [1.54, 1.807) is 12.1 Å². The molecule has 0 aliphatic carbocycles. The van der Waals surface area contributed by atoms with Crippen LogP contribution in [0.2, 0.25) is 0 Å². The van der Waals surface area contributed by atoms with Crippen LogP contribution in [0.15, 0.2) is 29.2 Å². The van der Waals surface area contributed by atoms with E-state index in [1.807, 2.05) is 13.8 Å². The summed E-state index contributed by atoms with van der Waals surface area (Å²) < 4.78 is 27.5. The second kappa shape index (κ2) is 5.71. The van der Waals surface area contributed by atoms with E-state index in [9.17, 15) is 8.42 Å². The fourth-order valence-corrected chi connectivity index (χ4v) is 3.93. The Bertz CT molecular complexity index is 543. The predicted molar refractivity (Wildman–Crippen MR) is 82.7 cm³/mol. The van der Waals surface area contributed by atoms with E-state index in [0.29, 0.717) is 5.69 Å². The summed E-state index contributed by atoms with van der Waals surface area (Å²) in [6.45, 7) is 10.1. The van der Waals surface area contributed by atoms with Crippen molar-refractivity contribution in [1.29, 1.82) is 0 Å². The molecule has 5 nitrogen and oxygen atoms in total. The maximum Gasteiger partial charge on any atom is 0.241 e. The number of hydrogen-bond donors (Lipinski definition) is 3. The number of benzene rings is 1. The van der Waals surface area contributed by atoms with Crippen molar-refractivity contribution in [2.75, 3.05) is 5.43 Å². The van der Waals surface area contributed by atoms with Gasteiger partial charge in [0.2, 0.25) is 10.0 Å². The van der Waals surface area contributed by atoms with Crippen LogP contribution in [0.1, 0.15) is 41.0 Å². The molecule has 0 heterocycles. The molecule has 0 saturated carbocycles. The van der Waals surface area contributed by atoms with Gasteiger partial charge in [-0.2, -0.15) is 0 Å². The summed E-state index contributed by atoms with van der Waals surface area (Å²) in [6, 6.07) is 6.33. The molecule has 0 aliphatic rings. The molecule has 114 valence electrons. The molecule has 20 heavy (non-hydrogen) atoms. The highest BCUT2D eigenvalue weighted by molar-refractivity contribution is 7.89.